The molecule has 8 nitrogen and oxygen atoms in total. The van der Waals surface area contributed by atoms with Crippen LogP contribution < -0.4 is 9.47 Å². The van der Waals surface area contributed by atoms with Crippen molar-refractivity contribution in [3.8, 4) is 28.5 Å². The molecule has 1 N–H and O–H groups in total. The van der Waals surface area contributed by atoms with Crippen LogP contribution in [-0.4, -0.2) is 63.5 Å². The van der Waals surface area contributed by atoms with E-state index in [0.29, 0.717) is 5.69 Å². The first-order chi connectivity index (χ1) is 15.6. The van der Waals surface area contributed by atoms with E-state index in [0.717, 1.165) is 49.5 Å². The molecule has 0 unspecified atom stereocenters. The number of aromatic nitrogens is 2. The lowest BCUT2D eigenvalue weighted by molar-refractivity contribution is 0.131. The number of piperidine rings is 1. The third-order valence-electron chi connectivity index (χ3n) is 6.20. The van der Waals surface area contributed by atoms with Crippen molar-refractivity contribution in [2.45, 2.75) is 25.4 Å². The van der Waals surface area contributed by atoms with Crippen molar-refractivity contribution in [2.24, 2.45) is 0 Å². The number of nitrogens with zero attached hydrogens (tertiary/aromatic N) is 4. The number of amides is 1. The predicted molar refractivity (Wildman–Crippen MR) is 119 cm³/mol. The van der Waals surface area contributed by atoms with Crippen molar-refractivity contribution < 1.29 is 19.4 Å². The van der Waals surface area contributed by atoms with Crippen molar-refractivity contribution in [1.29, 1.82) is 0 Å². The van der Waals surface area contributed by atoms with Gasteiger partial charge in [-0.05, 0) is 42.7 Å². The van der Waals surface area contributed by atoms with Gasteiger partial charge in [-0.2, -0.15) is 0 Å². The van der Waals surface area contributed by atoms with Crippen LogP contribution in [0.5, 0.6) is 17.2 Å². The Balaban J connectivity index is 1.17. The maximum absolute atomic E-state index is 13.0. The Labute approximate surface area is 186 Å². The summed E-state index contributed by atoms with van der Waals surface area (Å²) >= 11 is 0. The Morgan fingerprint density at radius 3 is 2.78 bits per heavy atom. The van der Waals surface area contributed by atoms with Gasteiger partial charge < -0.3 is 19.5 Å². The summed E-state index contributed by atoms with van der Waals surface area (Å²) in [4.78, 5) is 21.6. The molecular formula is C24H26N4O4. The number of carbonyl (C=O) groups excluding carboxylic acids is 1. The molecule has 0 atom stereocenters. The minimum Gasteiger partial charge on any atom is -0.508 e. The first-order valence-electron chi connectivity index (χ1n) is 10.8. The van der Waals surface area contributed by atoms with Crippen LogP contribution in [0.4, 0.5) is 4.79 Å². The summed E-state index contributed by atoms with van der Waals surface area (Å²) < 4.78 is 12.4. The summed E-state index contributed by atoms with van der Waals surface area (Å²) in [6.45, 7) is 3.00. The Hall–Kier alpha value is -3.52. The van der Waals surface area contributed by atoms with Gasteiger partial charge in [0.1, 0.15) is 12.1 Å². The van der Waals surface area contributed by atoms with Crippen LogP contribution in [0.2, 0.25) is 0 Å². The lowest BCUT2D eigenvalue weighted by atomic mass is 10.0. The number of benzene rings is 2. The number of rotatable bonds is 4. The summed E-state index contributed by atoms with van der Waals surface area (Å²) in [5.74, 6) is 1.79. The maximum Gasteiger partial charge on any atom is 0.329 e. The Bertz CT molecular complexity index is 1120. The van der Waals surface area contributed by atoms with Crippen LogP contribution in [0, 0.1) is 0 Å². The molecule has 1 saturated heterocycles. The van der Waals surface area contributed by atoms with Gasteiger partial charge in [-0.3, -0.25) is 9.47 Å². The van der Waals surface area contributed by atoms with Crippen molar-refractivity contribution >= 4 is 6.03 Å². The van der Waals surface area contributed by atoms with E-state index < -0.39 is 0 Å². The van der Waals surface area contributed by atoms with Gasteiger partial charge >= 0.3 is 6.03 Å². The molecule has 0 spiro atoms. The highest BCUT2D eigenvalue weighted by Gasteiger charge is 2.26. The minimum atomic E-state index is -0.0990. The molecule has 2 aliphatic heterocycles. The SMILES string of the molecule is CN(C(=O)n1cnc(-c2cccc(O)c2)c1)C1CCN(Cc2ccc3c(c2)OCO3)CC1. The maximum atomic E-state index is 13.0. The molecule has 0 saturated carbocycles. The molecule has 3 aromatic rings. The van der Waals surface area contributed by atoms with Gasteiger partial charge in [-0.15, -0.1) is 0 Å². The second-order valence-corrected chi connectivity index (χ2v) is 8.30. The minimum absolute atomic E-state index is 0.0990. The number of hydrogen-bond acceptors (Lipinski definition) is 6. The average Bonchev–Trinajstić information content (AvgIpc) is 3.48. The fraction of sp³-hybridized carbons (Fsp3) is 0.333. The number of aromatic hydroxyl groups is 1. The average molecular weight is 434 g/mol. The van der Waals surface area contributed by atoms with Crippen molar-refractivity contribution in [3.05, 3.63) is 60.6 Å². The third-order valence-corrected chi connectivity index (χ3v) is 6.20. The number of phenolic OH excluding ortho intramolecular Hbond substituents is 1. The first-order valence-corrected chi connectivity index (χ1v) is 10.8. The van der Waals surface area contributed by atoms with Crippen LogP contribution in [-0.2, 0) is 6.54 Å². The molecule has 0 radical (unpaired) electrons. The smallest absolute Gasteiger partial charge is 0.329 e. The normalized spacial score (nSPS) is 16.3. The molecule has 1 fully saturated rings. The molecule has 0 aliphatic carbocycles. The zero-order chi connectivity index (χ0) is 22.1. The summed E-state index contributed by atoms with van der Waals surface area (Å²) in [5, 5.41) is 9.68. The molecule has 3 heterocycles. The summed E-state index contributed by atoms with van der Waals surface area (Å²) in [5.41, 5.74) is 2.63. The largest absolute Gasteiger partial charge is 0.508 e. The highest BCUT2D eigenvalue weighted by molar-refractivity contribution is 5.78. The van der Waals surface area contributed by atoms with Crippen molar-refractivity contribution in [2.75, 3.05) is 26.9 Å². The summed E-state index contributed by atoms with van der Waals surface area (Å²) in [6.07, 6.45) is 5.08. The van der Waals surface area contributed by atoms with E-state index in [4.69, 9.17) is 9.47 Å². The van der Waals surface area contributed by atoms with Crippen molar-refractivity contribution in [3.63, 3.8) is 0 Å². The second-order valence-electron chi connectivity index (χ2n) is 8.30. The monoisotopic (exact) mass is 434 g/mol. The lowest BCUT2D eigenvalue weighted by Crippen LogP contribution is -2.46. The van der Waals surface area contributed by atoms with Crippen LogP contribution in [0.15, 0.2) is 55.0 Å². The van der Waals surface area contributed by atoms with Gasteiger partial charge in [0.2, 0.25) is 6.79 Å². The number of hydrogen-bond donors (Lipinski definition) is 1. The van der Waals surface area contributed by atoms with Gasteiger partial charge in [0.05, 0.1) is 5.69 Å². The van der Waals surface area contributed by atoms with E-state index in [1.165, 1.54) is 16.5 Å². The van der Waals surface area contributed by atoms with Crippen LogP contribution in [0.25, 0.3) is 11.3 Å². The highest BCUT2D eigenvalue weighted by atomic mass is 16.7. The zero-order valence-corrected chi connectivity index (χ0v) is 18.0. The van der Waals surface area contributed by atoms with Crippen LogP contribution in [0.1, 0.15) is 18.4 Å². The number of ether oxygens (including phenoxy) is 2. The molecule has 2 aliphatic rings. The van der Waals surface area contributed by atoms with Gasteiger partial charge in [0.15, 0.2) is 11.5 Å². The highest BCUT2D eigenvalue weighted by Crippen LogP contribution is 2.33. The van der Waals surface area contributed by atoms with E-state index in [9.17, 15) is 9.90 Å². The predicted octanol–water partition coefficient (Wildman–Crippen LogP) is 3.55. The number of likely N-dealkylation sites (tertiary alicyclic amines) is 1. The van der Waals surface area contributed by atoms with E-state index in [1.54, 1.807) is 24.4 Å². The van der Waals surface area contributed by atoms with Crippen LogP contribution >= 0.6 is 0 Å². The first kappa shape index (κ1) is 20.4. The van der Waals surface area contributed by atoms with E-state index in [2.05, 4.69) is 16.0 Å². The van der Waals surface area contributed by atoms with E-state index in [-0.39, 0.29) is 24.6 Å². The van der Waals surface area contributed by atoms with Crippen LogP contribution in [0.3, 0.4) is 0 Å². The quantitative estimate of drug-likeness (QED) is 0.677. The molecule has 5 rings (SSSR count). The number of carbonyl (C=O) groups is 1. The van der Waals surface area contributed by atoms with Gasteiger partial charge in [-0.25, -0.2) is 9.78 Å². The van der Waals surface area contributed by atoms with Gasteiger partial charge in [0.25, 0.3) is 0 Å². The second kappa shape index (κ2) is 8.55. The van der Waals surface area contributed by atoms with E-state index >= 15 is 0 Å². The molecule has 2 aromatic carbocycles. The fourth-order valence-corrected chi connectivity index (χ4v) is 4.34. The summed E-state index contributed by atoms with van der Waals surface area (Å²) in [6, 6.07) is 13.0. The molecule has 166 valence electrons. The van der Waals surface area contributed by atoms with E-state index in [1.807, 2.05) is 30.1 Å². The fourth-order valence-electron chi connectivity index (χ4n) is 4.34. The third kappa shape index (κ3) is 4.13. The molecule has 32 heavy (non-hydrogen) atoms. The van der Waals surface area contributed by atoms with Gasteiger partial charge in [0, 0.05) is 44.5 Å². The summed E-state index contributed by atoms with van der Waals surface area (Å²) in [7, 11) is 1.86. The topological polar surface area (TPSA) is 80.1 Å². The standard InChI is InChI=1S/C24H26N4O4/c1-26(24(30)28-14-21(25-15-28)18-3-2-4-20(29)12-18)19-7-9-27(10-8-19)13-17-5-6-22-23(11-17)32-16-31-22/h2-6,11-12,14-15,19,29H,7-10,13,16H2,1H3. The molecule has 8 heteroatoms. The molecule has 1 amide bonds. The van der Waals surface area contributed by atoms with Gasteiger partial charge in [-0.1, -0.05) is 18.2 Å². The lowest BCUT2D eigenvalue weighted by Gasteiger charge is -2.36. The molecule has 1 aromatic heterocycles. The molecule has 0 bridgehead atoms. The number of phenols is 1. The Kier molecular flexibility index (Phi) is 5.45. The Morgan fingerprint density at radius 1 is 1.16 bits per heavy atom. The number of fused-ring (bicyclic) bond motifs is 1. The molecular weight excluding hydrogens is 408 g/mol. The number of imidazole rings is 1. The zero-order valence-electron chi connectivity index (χ0n) is 18.0. The van der Waals surface area contributed by atoms with Crippen molar-refractivity contribution in [1.82, 2.24) is 19.4 Å². The Morgan fingerprint density at radius 2 is 1.97 bits per heavy atom.